The summed E-state index contributed by atoms with van der Waals surface area (Å²) in [5.41, 5.74) is 4.28. The quantitative estimate of drug-likeness (QED) is 0.185. The van der Waals surface area contributed by atoms with Gasteiger partial charge in [-0.2, -0.15) is 0 Å². The topological polar surface area (TPSA) is 132 Å². The van der Waals surface area contributed by atoms with E-state index in [-0.39, 0.29) is 29.2 Å². The lowest BCUT2D eigenvalue weighted by atomic mass is 9.65. The number of pyridine rings is 1. The third-order valence-electron chi connectivity index (χ3n) is 8.72. The van der Waals surface area contributed by atoms with Gasteiger partial charge >= 0.3 is 0 Å². The molecule has 2 aromatic carbocycles. The summed E-state index contributed by atoms with van der Waals surface area (Å²) in [7, 11) is 0. The summed E-state index contributed by atoms with van der Waals surface area (Å²) in [6.45, 7) is 12.0. The van der Waals surface area contributed by atoms with Crippen LogP contribution < -0.4 is 15.5 Å². The average Bonchev–Trinajstić information content (AvgIpc) is 3.71. The van der Waals surface area contributed by atoms with Crippen LogP contribution in [0.1, 0.15) is 38.3 Å². The summed E-state index contributed by atoms with van der Waals surface area (Å²) in [5.74, 6) is 0.119. The third kappa shape index (κ3) is 6.08. The summed E-state index contributed by atoms with van der Waals surface area (Å²) < 4.78 is 0. The van der Waals surface area contributed by atoms with Crippen molar-refractivity contribution in [3.05, 3.63) is 102 Å². The van der Waals surface area contributed by atoms with E-state index in [0.29, 0.717) is 29.6 Å². The van der Waals surface area contributed by atoms with Crippen LogP contribution in [0, 0.1) is 11.3 Å². The normalized spacial score (nSPS) is 22.7. The zero-order valence-corrected chi connectivity index (χ0v) is 26.3. The first-order chi connectivity index (χ1) is 21.6. The van der Waals surface area contributed by atoms with Crippen molar-refractivity contribution in [2.75, 3.05) is 16.8 Å². The molecule has 0 saturated carbocycles. The van der Waals surface area contributed by atoms with Gasteiger partial charge in [0.15, 0.2) is 5.82 Å². The zero-order chi connectivity index (χ0) is 31.8. The van der Waals surface area contributed by atoms with Crippen LogP contribution in [-0.4, -0.2) is 55.3 Å². The van der Waals surface area contributed by atoms with Crippen molar-refractivity contribution in [2.24, 2.45) is 11.3 Å². The fourth-order valence-electron chi connectivity index (χ4n) is 6.89. The maximum absolute atomic E-state index is 14.0. The zero-order valence-electron chi connectivity index (χ0n) is 25.5. The third-order valence-corrected chi connectivity index (χ3v) is 8.96. The van der Waals surface area contributed by atoms with Crippen LogP contribution in [0.2, 0.25) is 5.02 Å². The van der Waals surface area contributed by atoms with Crippen molar-refractivity contribution in [2.45, 2.75) is 51.2 Å². The molecule has 232 valence electrons. The van der Waals surface area contributed by atoms with Gasteiger partial charge in [0, 0.05) is 52.8 Å². The highest BCUT2D eigenvalue weighted by Gasteiger charge is 2.61. The van der Waals surface area contributed by atoms with Crippen molar-refractivity contribution in [3.63, 3.8) is 0 Å². The molecule has 1 fully saturated rings. The molecule has 4 aromatic rings. The highest BCUT2D eigenvalue weighted by Crippen LogP contribution is 2.55. The van der Waals surface area contributed by atoms with Crippen LogP contribution >= 0.6 is 11.6 Å². The predicted molar refractivity (Wildman–Crippen MR) is 176 cm³/mol. The number of tetrazole rings is 1. The van der Waals surface area contributed by atoms with E-state index in [1.807, 2.05) is 24.3 Å². The molecule has 1 spiro atoms. The number of benzene rings is 2. The molecule has 4 N–H and O–H groups in total. The number of carbonyl (C=O) groups excluding carboxylic acids is 1. The summed E-state index contributed by atoms with van der Waals surface area (Å²) in [4.78, 5) is 20.4. The minimum absolute atomic E-state index is 0.0266. The van der Waals surface area contributed by atoms with Crippen LogP contribution in [-0.2, 0) is 16.8 Å². The Morgan fingerprint density at radius 3 is 2.67 bits per heavy atom. The molecule has 45 heavy (non-hydrogen) atoms. The summed E-state index contributed by atoms with van der Waals surface area (Å²) in [6.07, 6.45) is 8.07. The second-order valence-electron chi connectivity index (χ2n) is 13.0. The van der Waals surface area contributed by atoms with E-state index in [1.54, 1.807) is 12.1 Å². The van der Waals surface area contributed by atoms with Gasteiger partial charge in [0.2, 0.25) is 11.8 Å². The minimum Gasteiger partial charge on any atom is -0.493 e. The molecule has 0 radical (unpaired) electrons. The van der Waals surface area contributed by atoms with Gasteiger partial charge in [-0.15, -0.1) is 5.10 Å². The molecular formula is C34H37ClN8O2. The molecule has 0 aliphatic carbocycles. The van der Waals surface area contributed by atoms with E-state index in [2.05, 4.69) is 98.8 Å². The molecule has 10 nitrogen and oxygen atoms in total. The first-order valence-electron chi connectivity index (χ1n) is 15.0. The number of halogens is 1. The predicted octanol–water partition coefficient (Wildman–Crippen LogP) is 5.65. The smallest absolute Gasteiger partial charge is 0.242 e. The maximum atomic E-state index is 14.0. The molecule has 0 bridgehead atoms. The highest BCUT2D eigenvalue weighted by atomic mass is 35.5. The lowest BCUT2D eigenvalue weighted by Gasteiger charge is -2.39. The fraction of sp³-hybridized carbons (Fsp3) is 0.324. The molecular weight excluding hydrogens is 588 g/mol. The Kier molecular flexibility index (Phi) is 8.20. The molecule has 2 aliphatic heterocycles. The number of anilines is 2. The monoisotopic (exact) mass is 624 g/mol. The maximum Gasteiger partial charge on any atom is 0.242 e. The number of nitrogens with one attached hydrogen (secondary N) is 3. The lowest BCUT2D eigenvalue weighted by molar-refractivity contribution is -0.118. The molecule has 2 aromatic heterocycles. The number of hydrogen-bond acceptors (Lipinski definition) is 8. The molecule has 4 heterocycles. The number of rotatable bonds is 8. The molecule has 1 unspecified atom stereocenters. The second kappa shape index (κ2) is 12.1. The SMILES string of the molecule is C=C/C=C\C1[C@H](C(=O)Nc2ccc(O)nc2)N[C@@H](CC(C)(C)C)[C@@]12CN(Cc1ccc(-c3nnn[nH]3)cc1)c1ccc(Cl)cc12. The standard InChI is InChI=1S/C34H37ClN8O2/c1-5-6-7-25-30(32(45)37-24-13-15-29(44)36-18-24)38-28(17-33(2,3)4)34(25)20-43(27-14-12-23(35)16-26(27)34)19-21-8-10-22(11-9-21)31-39-41-42-40-31/h5-16,18,25,28,30,38H,1,17,19-20H2,2-4H3,(H,36,44)(H,37,45)(H,39,40,41,42)/b7-6-/t25?,28-,30+,34-/m0/s1. The van der Waals surface area contributed by atoms with Gasteiger partial charge in [0.25, 0.3) is 0 Å². The Balaban J connectivity index is 1.40. The van der Waals surface area contributed by atoms with Gasteiger partial charge in [0.1, 0.15) is 0 Å². The molecule has 6 rings (SSSR count). The van der Waals surface area contributed by atoms with Crippen LogP contribution in [0.4, 0.5) is 11.4 Å². The van der Waals surface area contributed by atoms with Crippen LogP contribution in [0.15, 0.2) is 85.6 Å². The Bertz CT molecular complexity index is 1700. The van der Waals surface area contributed by atoms with Crippen molar-refractivity contribution < 1.29 is 9.90 Å². The lowest BCUT2D eigenvalue weighted by Crippen LogP contribution is -2.48. The van der Waals surface area contributed by atoms with Crippen molar-refractivity contribution in [1.29, 1.82) is 0 Å². The number of aromatic hydroxyl groups is 1. The first kappa shape index (κ1) is 30.5. The molecule has 1 amide bonds. The number of carbonyl (C=O) groups is 1. The number of aromatic nitrogens is 5. The highest BCUT2D eigenvalue weighted by molar-refractivity contribution is 6.30. The second-order valence-corrected chi connectivity index (χ2v) is 13.4. The molecule has 1 saturated heterocycles. The fourth-order valence-corrected chi connectivity index (χ4v) is 7.06. The Labute approximate surface area is 267 Å². The number of allylic oxidation sites excluding steroid dienone is 2. The van der Waals surface area contributed by atoms with Crippen molar-refractivity contribution in [1.82, 2.24) is 30.9 Å². The first-order valence-corrected chi connectivity index (χ1v) is 15.3. The van der Waals surface area contributed by atoms with Gasteiger partial charge < -0.3 is 20.6 Å². The summed E-state index contributed by atoms with van der Waals surface area (Å²) in [5, 5.41) is 31.3. The van der Waals surface area contributed by atoms with Gasteiger partial charge in [-0.3, -0.25) is 4.79 Å². The van der Waals surface area contributed by atoms with Crippen LogP contribution in [0.3, 0.4) is 0 Å². The van der Waals surface area contributed by atoms with Crippen molar-refractivity contribution >= 4 is 28.9 Å². The number of H-pyrrole nitrogens is 1. The largest absolute Gasteiger partial charge is 0.493 e. The number of nitrogens with zero attached hydrogens (tertiary/aromatic N) is 5. The summed E-state index contributed by atoms with van der Waals surface area (Å²) >= 11 is 6.71. The molecule has 2 aliphatic rings. The number of hydrogen-bond donors (Lipinski definition) is 4. The van der Waals surface area contributed by atoms with E-state index < -0.39 is 11.5 Å². The average molecular weight is 625 g/mol. The van der Waals surface area contributed by atoms with Gasteiger partial charge in [-0.05, 0) is 57.7 Å². The Hall–Kier alpha value is -4.54. The van der Waals surface area contributed by atoms with E-state index in [1.165, 1.54) is 12.3 Å². The van der Waals surface area contributed by atoms with E-state index in [0.717, 1.165) is 28.8 Å². The van der Waals surface area contributed by atoms with E-state index in [4.69, 9.17) is 11.6 Å². The van der Waals surface area contributed by atoms with Crippen molar-refractivity contribution in [3.8, 4) is 17.3 Å². The minimum atomic E-state index is -0.552. The Morgan fingerprint density at radius 1 is 1.20 bits per heavy atom. The van der Waals surface area contributed by atoms with E-state index >= 15 is 0 Å². The van der Waals surface area contributed by atoms with Gasteiger partial charge in [0.05, 0.1) is 17.9 Å². The summed E-state index contributed by atoms with van der Waals surface area (Å²) in [6, 6.07) is 16.8. The van der Waals surface area contributed by atoms with Crippen LogP contribution in [0.5, 0.6) is 5.88 Å². The number of aromatic amines is 1. The molecule has 11 heteroatoms. The molecule has 4 atom stereocenters. The number of amides is 1. The Morgan fingerprint density at radius 2 is 2.00 bits per heavy atom. The van der Waals surface area contributed by atoms with Gasteiger partial charge in [-0.25, -0.2) is 10.1 Å². The number of fused-ring (bicyclic) bond motifs is 2. The van der Waals surface area contributed by atoms with Gasteiger partial charge in [-0.1, -0.05) is 81.4 Å². The van der Waals surface area contributed by atoms with Crippen LogP contribution in [0.25, 0.3) is 11.4 Å². The van der Waals surface area contributed by atoms with E-state index in [9.17, 15) is 9.90 Å².